The fourth-order valence-corrected chi connectivity index (χ4v) is 4.96. The Morgan fingerprint density at radius 2 is 1.79 bits per heavy atom. The van der Waals surface area contributed by atoms with Gasteiger partial charge in [-0.15, -0.1) is 0 Å². The molecule has 0 spiro atoms. The maximum atomic E-state index is 13.2. The van der Waals surface area contributed by atoms with Gasteiger partial charge in [-0.25, -0.2) is 8.42 Å². The minimum Gasteiger partial charge on any atom is -0.496 e. The summed E-state index contributed by atoms with van der Waals surface area (Å²) in [5, 5.41) is 2.80. The smallest absolute Gasteiger partial charge is 0.261 e. The number of amides is 2. The van der Waals surface area contributed by atoms with E-state index in [1.807, 2.05) is 6.92 Å². The highest BCUT2D eigenvalue weighted by Gasteiger charge is 2.26. The second kappa shape index (κ2) is 11.4. The number of nitrogens with one attached hydrogen (secondary N) is 2. The minimum atomic E-state index is -4.07. The van der Waals surface area contributed by atoms with Crippen molar-refractivity contribution in [3.05, 3.63) is 53.6 Å². The fraction of sp³-hybridized carbons (Fsp3) is 0.440. The first-order valence-electron chi connectivity index (χ1n) is 11.6. The van der Waals surface area contributed by atoms with Gasteiger partial charge in [-0.05, 0) is 55.5 Å². The molecule has 3 rings (SSSR count). The molecule has 1 aliphatic rings. The number of hydrogen-bond acceptors (Lipinski definition) is 5. The van der Waals surface area contributed by atoms with E-state index in [1.54, 1.807) is 23.1 Å². The van der Waals surface area contributed by atoms with E-state index in [9.17, 15) is 18.0 Å². The molecular weight excluding hydrogens is 454 g/mol. The molecule has 0 radical (unpaired) electrons. The number of likely N-dealkylation sites (tertiary alicyclic amines) is 1. The van der Waals surface area contributed by atoms with Gasteiger partial charge in [-0.2, -0.15) is 0 Å². The summed E-state index contributed by atoms with van der Waals surface area (Å²) in [6.07, 6.45) is 3.58. The van der Waals surface area contributed by atoms with E-state index >= 15 is 0 Å². The van der Waals surface area contributed by atoms with Crippen LogP contribution in [0.3, 0.4) is 0 Å². The number of nitrogens with zero attached hydrogens (tertiary/aromatic N) is 1. The van der Waals surface area contributed by atoms with Gasteiger partial charge < -0.3 is 15.0 Å². The number of para-hydroxylation sites is 1. The third-order valence-corrected chi connectivity index (χ3v) is 7.38. The first-order chi connectivity index (χ1) is 16.3. The van der Waals surface area contributed by atoms with Gasteiger partial charge in [-0.3, -0.25) is 14.3 Å². The highest BCUT2D eigenvalue weighted by Crippen LogP contribution is 2.28. The Labute approximate surface area is 201 Å². The van der Waals surface area contributed by atoms with Crippen LogP contribution in [0.2, 0.25) is 0 Å². The molecule has 0 aromatic heterocycles. The van der Waals surface area contributed by atoms with Crippen LogP contribution in [0, 0.1) is 5.92 Å². The van der Waals surface area contributed by atoms with Crippen molar-refractivity contribution >= 4 is 27.5 Å². The van der Waals surface area contributed by atoms with Crippen LogP contribution in [0.4, 0.5) is 5.69 Å². The monoisotopic (exact) mass is 487 g/mol. The summed E-state index contributed by atoms with van der Waals surface area (Å²) in [5.41, 5.74) is 0.602. The van der Waals surface area contributed by atoms with E-state index < -0.39 is 10.0 Å². The van der Waals surface area contributed by atoms with Crippen LogP contribution in [-0.2, 0) is 10.0 Å². The minimum absolute atomic E-state index is 0.0804. The van der Waals surface area contributed by atoms with E-state index in [2.05, 4.69) is 17.0 Å². The molecule has 1 aliphatic heterocycles. The second-order valence-electron chi connectivity index (χ2n) is 8.60. The molecule has 1 heterocycles. The maximum Gasteiger partial charge on any atom is 0.261 e. The van der Waals surface area contributed by atoms with Crippen molar-refractivity contribution in [1.29, 1.82) is 0 Å². The Hall–Kier alpha value is -3.07. The predicted octanol–water partition coefficient (Wildman–Crippen LogP) is 3.90. The van der Waals surface area contributed by atoms with E-state index in [1.165, 1.54) is 31.4 Å². The summed E-state index contributed by atoms with van der Waals surface area (Å²) < 4.78 is 34.3. The molecule has 1 fully saturated rings. The van der Waals surface area contributed by atoms with Crippen LogP contribution in [0.5, 0.6) is 5.75 Å². The van der Waals surface area contributed by atoms with Crippen molar-refractivity contribution < 1.29 is 22.7 Å². The van der Waals surface area contributed by atoms with E-state index in [-0.39, 0.29) is 33.5 Å². The van der Waals surface area contributed by atoms with Gasteiger partial charge in [0.2, 0.25) is 0 Å². The van der Waals surface area contributed by atoms with E-state index in [4.69, 9.17) is 4.74 Å². The van der Waals surface area contributed by atoms with Gasteiger partial charge in [0.25, 0.3) is 21.8 Å². The van der Waals surface area contributed by atoms with Gasteiger partial charge in [0.05, 0.1) is 28.8 Å². The molecule has 2 N–H and O–H groups in total. The summed E-state index contributed by atoms with van der Waals surface area (Å²) in [7, 11) is -2.62. The lowest BCUT2D eigenvalue weighted by atomic mass is 9.98. The molecule has 2 aromatic carbocycles. The van der Waals surface area contributed by atoms with Crippen LogP contribution < -0.4 is 14.8 Å². The predicted molar refractivity (Wildman–Crippen MR) is 132 cm³/mol. The third kappa shape index (κ3) is 6.08. The van der Waals surface area contributed by atoms with Gasteiger partial charge >= 0.3 is 0 Å². The number of methoxy groups -OCH3 is 1. The van der Waals surface area contributed by atoms with Gasteiger partial charge in [-0.1, -0.05) is 32.4 Å². The lowest BCUT2D eigenvalue weighted by molar-refractivity contribution is 0.0693. The number of carbonyl (C=O) groups is 2. The molecule has 9 heteroatoms. The zero-order chi connectivity index (χ0) is 24.7. The second-order valence-corrected chi connectivity index (χ2v) is 10.3. The zero-order valence-electron chi connectivity index (χ0n) is 20.0. The lowest BCUT2D eigenvalue weighted by Gasteiger charge is -2.30. The van der Waals surface area contributed by atoms with Gasteiger partial charge in [0.1, 0.15) is 5.75 Å². The van der Waals surface area contributed by atoms with E-state index in [0.29, 0.717) is 31.3 Å². The molecule has 0 bridgehead atoms. The summed E-state index contributed by atoms with van der Waals surface area (Å²) >= 11 is 0. The third-order valence-electron chi connectivity index (χ3n) is 6.01. The van der Waals surface area contributed by atoms with Crippen molar-refractivity contribution in [3.63, 3.8) is 0 Å². The number of benzene rings is 2. The number of unbranched alkanes of at least 4 members (excludes halogenated alkanes) is 1. The number of ether oxygens (including phenoxy) is 1. The van der Waals surface area contributed by atoms with Crippen molar-refractivity contribution in [3.8, 4) is 5.75 Å². The van der Waals surface area contributed by atoms with Crippen LogP contribution >= 0.6 is 0 Å². The molecule has 0 unspecified atom stereocenters. The summed E-state index contributed by atoms with van der Waals surface area (Å²) in [4.78, 5) is 27.4. The van der Waals surface area contributed by atoms with Crippen molar-refractivity contribution in [1.82, 2.24) is 10.2 Å². The van der Waals surface area contributed by atoms with Crippen LogP contribution in [0.15, 0.2) is 47.4 Å². The number of sulfonamides is 1. The SMILES string of the molecule is CCCCNC(=O)c1ccccc1NS(=O)(=O)c1ccc(OC)c(C(=O)N2CCC(C)CC2)c1. The van der Waals surface area contributed by atoms with E-state index in [0.717, 1.165) is 25.7 Å². The van der Waals surface area contributed by atoms with Crippen molar-refractivity contribution in [2.45, 2.75) is 44.4 Å². The number of piperidine rings is 1. The Balaban J connectivity index is 1.87. The molecule has 0 aliphatic carbocycles. The first kappa shape index (κ1) is 25.6. The Morgan fingerprint density at radius 1 is 1.09 bits per heavy atom. The topological polar surface area (TPSA) is 105 Å². The van der Waals surface area contributed by atoms with Crippen molar-refractivity contribution in [2.75, 3.05) is 31.5 Å². The zero-order valence-corrected chi connectivity index (χ0v) is 20.8. The lowest BCUT2D eigenvalue weighted by Crippen LogP contribution is -2.38. The molecule has 34 heavy (non-hydrogen) atoms. The average Bonchev–Trinajstić information content (AvgIpc) is 2.84. The molecule has 8 nitrogen and oxygen atoms in total. The molecule has 0 atom stereocenters. The maximum absolute atomic E-state index is 13.2. The molecule has 1 saturated heterocycles. The van der Waals surface area contributed by atoms with Gasteiger partial charge in [0, 0.05) is 19.6 Å². The highest BCUT2D eigenvalue weighted by molar-refractivity contribution is 7.92. The number of anilines is 1. The quantitative estimate of drug-likeness (QED) is 0.522. The van der Waals surface area contributed by atoms with Crippen LogP contribution in [0.1, 0.15) is 60.2 Å². The molecule has 2 amide bonds. The van der Waals surface area contributed by atoms with Gasteiger partial charge in [0.15, 0.2) is 0 Å². The average molecular weight is 488 g/mol. The Bertz CT molecular complexity index is 1130. The van der Waals surface area contributed by atoms with Crippen LogP contribution in [-0.4, -0.2) is 51.9 Å². The normalized spacial score (nSPS) is 14.5. The summed E-state index contributed by atoms with van der Waals surface area (Å²) in [6, 6.07) is 10.6. The fourth-order valence-electron chi connectivity index (χ4n) is 3.85. The number of rotatable bonds is 9. The summed E-state index contributed by atoms with van der Waals surface area (Å²) in [5.74, 6) is 0.271. The van der Waals surface area contributed by atoms with Crippen molar-refractivity contribution in [2.24, 2.45) is 5.92 Å². The highest BCUT2D eigenvalue weighted by atomic mass is 32.2. The Morgan fingerprint density at radius 3 is 2.47 bits per heavy atom. The molecule has 2 aromatic rings. The first-order valence-corrected chi connectivity index (χ1v) is 13.1. The standard InChI is InChI=1S/C25H33N3O5S/c1-4-5-14-26-24(29)20-8-6-7-9-22(20)27-34(31,32)19-10-11-23(33-3)21(17-19)25(30)28-15-12-18(2)13-16-28/h6-11,17-18,27H,4-5,12-16H2,1-3H3,(H,26,29). The summed E-state index contributed by atoms with van der Waals surface area (Å²) in [6.45, 7) is 5.94. The largest absolute Gasteiger partial charge is 0.496 e. The number of carbonyl (C=O) groups excluding carboxylic acids is 2. The molecular formula is C25H33N3O5S. The van der Waals surface area contributed by atoms with Crippen LogP contribution in [0.25, 0.3) is 0 Å². The molecule has 184 valence electrons. The molecule has 0 saturated carbocycles. The Kier molecular flexibility index (Phi) is 8.55. The number of hydrogen-bond donors (Lipinski definition) is 2.